The molecule has 8 nitrogen and oxygen atoms in total. The maximum absolute atomic E-state index is 14.2. The summed E-state index contributed by atoms with van der Waals surface area (Å²) in [6.45, 7) is 7.53. The van der Waals surface area contributed by atoms with E-state index < -0.39 is 32.3 Å². The first-order valence-corrected chi connectivity index (χ1v) is 12.5. The lowest BCUT2D eigenvalue weighted by molar-refractivity contribution is -0.384. The van der Waals surface area contributed by atoms with Gasteiger partial charge >= 0.3 is 0 Å². The van der Waals surface area contributed by atoms with Gasteiger partial charge in [-0.2, -0.15) is 10.5 Å². The summed E-state index contributed by atoms with van der Waals surface area (Å²) in [5.74, 6) is -0.827. The zero-order chi connectivity index (χ0) is 26.3. The molecule has 0 saturated carbocycles. The van der Waals surface area contributed by atoms with Crippen LogP contribution in [0.3, 0.4) is 0 Å². The molecule has 1 heterocycles. The van der Waals surface area contributed by atoms with Gasteiger partial charge < -0.3 is 0 Å². The first-order valence-electron chi connectivity index (χ1n) is 11.0. The van der Waals surface area contributed by atoms with Crippen LogP contribution in [0.1, 0.15) is 34.2 Å². The van der Waals surface area contributed by atoms with Crippen LogP contribution in [0.15, 0.2) is 84.3 Å². The van der Waals surface area contributed by atoms with Gasteiger partial charge in [0.15, 0.2) is 5.41 Å². The number of benzene rings is 3. The van der Waals surface area contributed by atoms with Gasteiger partial charge in [-0.05, 0) is 55.3 Å². The number of nitrogens with zero attached hydrogens (tertiary/aromatic N) is 4. The van der Waals surface area contributed by atoms with Gasteiger partial charge in [0.05, 0.1) is 27.6 Å². The topological polar surface area (TPSA) is 128 Å². The molecule has 0 N–H and O–H groups in total. The summed E-state index contributed by atoms with van der Waals surface area (Å²) in [5.41, 5.74) is 0.668. The highest BCUT2D eigenvalue weighted by molar-refractivity contribution is 7.92. The Morgan fingerprint density at radius 3 is 2.11 bits per heavy atom. The smallest absolute Gasteiger partial charge is 0.258 e. The van der Waals surface area contributed by atoms with Crippen molar-refractivity contribution in [3.8, 4) is 12.1 Å². The monoisotopic (exact) mass is 498 g/mol. The predicted molar refractivity (Wildman–Crippen MR) is 134 cm³/mol. The van der Waals surface area contributed by atoms with Gasteiger partial charge in [-0.3, -0.25) is 14.4 Å². The molecule has 0 bridgehead atoms. The zero-order valence-corrected chi connectivity index (χ0v) is 20.4. The van der Waals surface area contributed by atoms with Crippen molar-refractivity contribution in [2.24, 2.45) is 5.41 Å². The predicted octanol–water partition coefficient (Wildman–Crippen LogP) is 5.47. The first-order chi connectivity index (χ1) is 17.1. The van der Waals surface area contributed by atoms with Crippen molar-refractivity contribution in [3.05, 3.63) is 112 Å². The highest BCUT2D eigenvalue weighted by Crippen LogP contribution is 2.57. The Hall–Kier alpha value is -4.47. The molecular formula is C27H22N4O4S. The largest absolute Gasteiger partial charge is 0.269 e. The average Bonchev–Trinajstić information content (AvgIpc) is 2.87. The molecule has 0 amide bonds. The number of nitriles is 2. The molecule has 0 aliphatic carbocycles. The van der Waals surface area contributed by atoms with Crippen molar-refractivity contribution >= 4 is 21.4 Å². The fourth-order valence-corrected chi connectivity index (χ4v) is 6.43. The summed E-state index contributed by atoms with van der Waals surface area (Å²) in [4.78, 5) is 10.7. The molecular weight excluding hydrogens is 476 g/mol. The Balaban J connectivity index is 2.11. The lowest BCUT2D eigenvalue weighted by atomic mass is 9.64. The Labute approximate surface area is 209 Å². The third-order valence-electron chi connectivity index (χ3n) is 6.52. The minimum Gasteiger partial charge on any atom is -0.258 e. The van der Waals surface area contributed by atoms with Crippen molar-refractivity contribution in [3.63, 3.8) is 0 Å². The summed E-state index contributed by atoms with van der Waals surface area (Å²) in [6.07, 6.45) is 1.49. The van der Waals surface area contributed by atoms with Crippen molar-refractivity contribution in [1.29, 1.82) is 10.5 Å². The van der Waals surface area contributed by atoms with E-state index in [4.69, 9.17) is 0 Å². The number of non-ortho nitro benzene ring substituents is 1. The van der Waals surface area contributed by atoms with E-state index >= 15 is 0 Å². The quantitative estimate of drug-likeness (QED) is 0.261. The Bertz CT molecular complexity index is 1540. The van der Waals surface area contributed by atoms with Crippen LogP contribution in [0.2, 0.25) is 0 Å². The Kier molecular flexibility index (Phi) is 6.13. The maximum atomic E-state index is 14.2. The van der Waals surface area contributed by atoms with E-state index in [1.54, 1.807) is 30.3 Å². The fourth-order valence-electron chi connectivity index (χ4n) is 4.73. The fraction of sp³-hybridized carbons (Fsp3) is 0.185. The minimum atomic E-state index is -4.29. The van der Waals surface area contributed by atoms with Gasteiger partial charge in [0.1, 0.15) is 6.04 Å². The molecule has 0 spiro atoms. The van der Waals surface area contributed by atoms with Gasteiger partial charge in [-0.1, -0.05) is 41.5 Å². The molecule has 180 valence electrons. The average molecular weight is 499 g/mol. The summed E-state index contributed by atoms with van der Waals surface area (Å²) >= 11 is 0. The second-order valence-corrected chi connectivity index (χ2v) is 10.5. The second-order valence-electron chi connectivity index (χ2n) is 8.73. The van der Waals surface area contributed by atoms with E-state index in [-0.39, 0.29) is 16.1 Å². The van der Waals surface area contributed by atoms with E-state index in [1.807, 2.05) is 13.8 Å². The molecule has 0 aromatic heterocycles. The van der Waals surface area contributed by atoms with E-state index in [9.17, 15) is 29.1 Å². The SMILES string of the molecule is C=C[C@@H]1c2cc(C)ccc2N(S(=O)(=O)c2ccc(C)cc2)[C@H](c2ccc([N+](=O)[O-])cc2)C1(C#N)C#N. The summed E-state index contributed by atoms with van der Waals surface area (Å²) in [6, 6.07) is 19.6. The molecule has 0 saturated heterocycles. The zero-order valence-electron chi connectivity index (χ0n) is 19.6. The number of fused-ring (bicyclic) bond motifs is 1. The molecule has 0 radical (unpaired) electrons. The number of nitro benzene ring substituents is 1. The van der Waals surface area contributed by atoms with Crippen LogP contribution >= 0.6 is 0 Å². The Morgan fingerprint density at radius 1 is 1.00 bits per heavy atom. The standard InChI is InChI=1S/C27H22N4O4S/c1-4-24-23-15-19(3)7-14-25(23)30(36(34,35)22-12-5-18(2)6-13-22)26(27(24,16-28)17-29)20-8-10-21(11-9-20)31(32)33/h4-15,24,26H,1H2,2-3H3/t24-,26-/m1/s1. The Morgan fingerprint density at radius 2 is 1.58 bits per heavy atom. The third kappa shape index (κ3) is 3.71. The van der Waals surface area contributed by atoms with E-state index in [2.05, 4.69) is 18.7 Å². The van der Waals surface area contributed by atoms with Crippen LogP contribution in [0.4, 0.5) is 11.4 Å². The molecule has 2 atom stereocenters. The molecule has 1 aliphatic rings. The molecule has 36 heavy (non-hydrogen) atoms. The van der Waals surface area contributed by atoms with Gasteiger partial charge in [-0.25, -0.2) is 8.42 Å². The van der Waals surface area contributed by atoms with Gasteiger partial charge in [0.2, 0.25) is 0 Å². The van der Waals surface area contributed by atoms with Gasteiger partial charge in [-0.15, -0.1) is 6.58 Å². The highest BCUT2D eigenvalue weighted by Gasteiger charge is 2.57. The minimum absolute atomic E-state index is 0.00614. The van der Waals surface area contributed by atoms with Crippen molar-refractivity contribution in [2.45, 2.75) is 30.7 Å². The van der Waals surface area contributed by atoms with Gasteiger partial charge in [0.25, 0.3) is 15.7 Å². The van der Waals surface area contributed by atoms with E-state index in [0.717, 1.165) is 15.4 Å². The normalized spacial score (nSPS) is 18.4. The van der Waals surface area contributed by atoms with Crippen LogP contribution < -0.4 is 4.31 Å². The molecule has 1 aliphatic heterocycles. The lowest BCUT2D eigenvalue weighted by Crippen LogP contribution is -2.50. The maximum Gasteiger partial charge on any atom is 0.269 e. The number of rotatable bonds is 5. The highest BCUT2D eigenvalue weighted by atomic mass is 32.2. The number of aryl methyl sites for hydroxylation is 2. The van der Waals surface area contributed by atoms with Crippen LogP contribution in [0.5, 0.6) is 0 Å². The van der Waals surface area contributed by atoms with Crippen LogP contribution in [-0.2, 0) is 10.0 Å². The summed E-state index contributed by atoms with van der Waals surface area (Å²) < 4.78 is 29.5. The number of anilines is 1. The first kappa shape index (κ1) is 24.6. The van der Waals surface area contributed by atoms with E-state index in [1.165, 1.54) is 42.5 Å². The van der Waals surface area contributed by atoms with E-state index in [0.29, 0.717) is 11.3 Å². The summed E-state index contributed by atoms with van der Waals surface area (Å²) in [7, 11) is -4.29. The number of sulfonamides is 1. The molecule has 9 heteroatoms. The van der Waals surface area contributed by atoms with Crippen molar-refractivity contribution in [2.75, 3.05) is 4.31 Å². The van der Waals surface area contributed by atoms with Crippen LogP contribution in [0.25, 0.3) is 0 Å². The second kappa shape index (κ2) is 8.95. The van der Waals surface area contributed by atoms with Crippen LogP contribution in [0, 0.1) is 52.0 Å². The number of hydrogen-bond acceptors (Lipinski definition) is 6. The molecule has 3 aromatic carbocycles. The number of allylic oxidation sites excluding steroid dienone is 1. The number of hydrogen-bond donors (Lipinski definition) is 0. The lowest BCUT2D eigenvalue weighted by Gasteiger charge is -2.47. The molecule has 0 unspecified atom stereocenters. The molecule has 3 aromatic rings. The van der Waals surface area contributed by atoms with Crippen molar-refractivity contribution in [1.82, 2.24) is 0 Å². The molecule has 0 fully saturated rings. The number of nitro groups is 1. The van der Waals surface area contributed by atoms with Crippen LogP contribution in [-0.4, -0.2) is 13.3 Å². The summed E-state index contributed by atoms with van der Waals surface area (Å²) in [5, 5.41) is 32.1. The molecule has 4 rings (SSSR count). The third-order valence-corrected chi connectivity index (χ3v) is 8.31. The van der Waals surface area contributed by atoms with Gasteiger partial charge in [0, 0.05) is 18.1 Å². The van der Waals surface area contributed by atoms with Crippen molar-refractivity contribution < 1.29 is 13.3 Å².